The van der Waals surface area contributed by atoms with Gasteiger partial charge in [0.2, 0.25) is 0 Å². The van der Waals surface area contributed by atoms with Gasteiger partial charge in [0, 0.05) is 34.9 Å². The molecule has 48 heavy (non-hydrogen) atoms. The highest BCUT2D eigenvalue weighted by Crippen LogP contribution is 2.50. The Labute approximate surface area is 281 Å². The number of rotatable bonds is 6. The minimum Gasteiger partial charge on any atom is -0.311 e. The summed E-state index contributed by atoms with van der Waals surface area (Å²) in [6.07, 6.45) is 3.71. The summed E-state index contributed by atoms with van der Waals surface area (Å²) < 4.78 is 0. The summed E-state index contributed by atoms with van der Waals surface area (Å²) >= 11 is 0. The monoisotopic (exact) mass is 614 g/mol. The lowest BCUT2D eigenvalue weighted by atomic mass is 9.81. The molecule has 1 heterocycles. The average molecular weight is 615 g/mol. The van der Waals surface area contributed by atoms with E-state index in [-0.39, 0.29) is 5.41 Å². The van der Waals surface area contributed by atoms with Crippen molar-refractivity contribution in [1.82, 2.24) is 4.98 Å². The van der Waals surface area contributed by atoms with Crippen LogP contribution in [-0.2, 0) is 5.41 Å². The van der Waals surface area contributed by atoms with Crippen LogP contribution in [0.15, 0.2) is 170 Å². The van der Waals surface area contributed by atoms with Gasteiger partial charge in [-0.2, -0.15) is 0 Å². The van der Waals surface area contributed by atoms with Crippen LogP contribution in [0.1, 0.15) is 25.0 Å². The number of nitrogens with zero attached hydrogens (tertiary/aromatic N) is 2. The van der Waals surface area contributed by atoms with Crippen LogP contribution in [0.2, 0.25) is 0 Å². The van der Waals surface area contributed by atoms with Crippen molar-refractivity contribution in [2.24, 2.45) is 0 Å². The fourth-order valence-corrected chi connectivity index (χ4v) is 7.59. The third kappa shape index (κ3) is 4.60. The molecule has 0 saturated carbocycles. The largest absolute Gasteiger partial charge is 0.311 e. The molecule has 0 spiro atoms. The van der Waals surface area contributed by atoms with Crippen LogP contribution in [0.25, 0.3) is 54.9 Å². The Hall–Kier alpha value is -5.99. The van der Waals surface area contributed by atoms with Crippen LogP contribution in [0.3, 0.4) is 0 Å². The number of hydrogen-bond acceptors (Lipinski definition) is 2. The second-order valence-corrected chi connectivity index (χ2v) is 13.3. The third-order valence-electron chi connectivity index (χ3n) is 10.1. The van der Waals surface area contributed by atoms with E-state index in [1.54, 1.807) is 0 Å². The van der Waals surface area contributed by atoms with E-state index in [9.17, 15) is 0 Å². The number of hydrogen-bond donors (Lipinski definition) is 0. The maximum atomic E-state index is 4.29. The Bertz CT molecular complexity index is 2430. The van der Waals surface area contributed by atoms with E-state index in [4.69, 9.17) is 0 Å². The molecule has 8 aromatic rings. The fraction of sp³-hybridized carbons (Fsp3) is 0.0652. The molecule has 1 aliphatic rings. The quantitative estimate of drug-likeness (QED) is 0.173. The molecule has 9 rings (SSSR count). The molecular weight excluding hydrogens is 581 g/mol. The Morgan fingerprint density at radius 3 is 1.62 bits per heavy atom. The summed E-state index contributed by atoms with van der Waals surface area (Å²) in [5.74, 6) is 0. The molecule has 228 valence electrons. The summed E-state index contributed by atoms with van der Waals surface area (Å²) in [5, 5.41) is 5.50. The second kappa shape index (κ2) is 11.1. The first-order chi connectivity index (χ1) is 23.5. The van der Waals surface area contributed by atoms with Crippen LogP contribution >= 0.6 is 0 Å². The maximum absolute atomic E-state index is 4.29. The molecule has 0 fully saturated rings. The predicted octanol–water partition coefficient (Wildman–Crippen LogP) is 12.5. The van der Waals surface area contributed by atoms with Crippen LogP contribution in [-0.4, -0.2) is 4.98 Å². The predicted molar refractivity (Wildman–Crippen MR) is 202 cm³/mol. The third-order valence-corrected chi connectivity index (χ3v) is 10.1. The first-order valence-electron chi connectivity index (χ1n) is 16.6. The van der Waals surface area contributed by atoms with Crippen LogP contribution in [0.4, 0.5) is 17.1 Å². The van der Waals surface area contributed by atoms with Crippen LogP contribution < -0.4 is 4.90 Å². The molecule has 1 aromatic heterocycles. The van der Waals surface area contributed by atoms with E-state index >= 15 is 0 Å². The van der Waals surface area contributed by atoms with E-state index in [0.29, 0.717) is 0 Å². The number of para-hydroxylation sites is 1. The van der Waals surface area contributed by atoms with Crippen LogP contribution in [0, 0.1) is 0 Å². The zero-order chi connectivity index (χ0) is 32.2. The molecule has 0 atom stereocenters. The highest BCUT2D eigenvalue weighted by atomic mass is 15.1. The van der Waals surface area contributed by atoms with Gasteiger partial charge in [0.25, 0.3) is 0 Å². The molecule has 0 N–H and O–H groups in total. The van der Waals surface area contributed by atoms with E-state index in [1.807, 2.05) is 18.5 Å². The van der Waals surface area contributed by atoms with Gasteiger partial charge in [0.15, 0.2) is 0 Å². The van der Waals surface area contributed by atoms with Gasteiger partial charge >= 0.3 is 0 Å². The summed E-state index contributed by atoms with van der Waals surface area (Å²) in [6, 6.07) is 57.4. The minimum atomic E-state index is -0.0197. The number of aromatic nitrogens is 1. The molecule has 2 nitrogen and oxygen atoms in total. The topological polar surface area (TPSA) is 16.1 Å². The van der Waals surface area contributed by atoms with Crippen molar-refractivity contribution in [3.05, 3.63) is 181 Å². The Kier molecular flexibility index (Phi) is 6.51. The number of pyridine rings is 1. The first kappa shape index (κ1) is 28.3. The normalized spacial score (nSPS) is 13.0. The minimum absolute atomic E-state index is 0.0197. The van der Waals surface area contributed by atoms with E-state index in [1.165, 1.54) is 54.9 Å². The molecule has 0 amide bonds. The van der Waals surface area contributed by atoms with Crippen molar-refractivity contribution in [3.63, 3.8) is 0 Å². The average Bonchev–Trinajstić information content (AvgIpc) is 3.39. The molecule has 0 unspecified atom stereocenters. The molecular formula is C46H34N2. The molecule has 0 saturated heterocycles. The lowest BCUT2D eigenvalue weighted by Crippen LogP contribution is -2.15. The van der Waals surface area contributed by atoms with E-state index in [2.05, 4.69) is 175 Å². The highest BCUT2D eigenvalue weighted by Gasteiger charge is 2.34. The Morgan fingerprint density at radius 2 is 0.979 bits per heavy atom. The van der Waals surface area contributed by atoms with Crippen molar-refractivity contribution >= 4 is 38.6 Å². The van der Waals surface area contributed by atoms with Gasteiger partial charge in [-0.25, -0.2) is 0 Å². The summed E-state index contributed by atoms with van der Waals surface area (Å²) in [6.45, 7) is 4.73. The molecule has 7 aromatic carbocycles. The molecule has 2 heteroatoms. The van der Waals surface area contributed by atoms with Crippen molar-refractivity contribution in [1.29, 1.82) is 0 Å². The van der Waals surface area contributed by atoms with Gasteiger partial charge in [0.1, 0.15) is 0 Å². The highest BCUT2D eigenvalue weighted by molar-refractivity contribution is 6.15. The second-order valence-electron chi connectivity index (χ2n) is 13.3. The molecule has 0 aliphatic heterocycles. The van der Waals surface area contributed by atoms with Crippen molar-refractivity contribution in [2.75, 3.05) is 4.90 Å². The van der Waals surface area contributed by atoms with Crippen LogP contribution in [0.5, 0.6) is 0 Å². The van der Waals surface area contributed by atoms with E-state index in [0.717, 1.165) is 28.2 Å². The fourth-order valence-electron chi connectivity index (χ4n) is 7.59. The lowest BCUT2D eigenvalue weighted by molar-refractivity contribution is 0.663. The van der Waals surface area contributed by atoms with Gasteiger partial charge in [-0.3, -0.25) is 4.98 Å². The summed E-state index contributed by atoms with van der Waals surface area (Å²) in [7, 11) is 0. The van der Waals surface area contributed by atoms with Gasteiger partial charge in [0.05, 0.1) is 0 Å². The van der Waals surface area contributed by atoms with Crippen molar-refractivity contribution in [2.45, 2.75) is 19.3 Å². The van der Waals surface area contributed by atoms with Crippen molar-refractivity contribution < 1.29 is 0 Å². The smallest absolute Gasteiger partial charge is 0.0462 e. The molecule has 0 bridgehead atoms. The first-order valence-corrected chi connectivity index (χ1v) is 16.6. The zero-order valence-electron chi connectivity index (χ0n) is 27.1. The van der Waals surface area contributed by atoms with Gasteiger partial charge in [-0.05, 0) is 121 Å². The van der Waals surface area contributed by atoms with Gasteiger partial charge in [-0.1, -0.05) is 117 Å². The maximum Gasteiger partial charge on any atom is 0.0462 e. The molecule has 0 radical (unpaired) electrons. The Balaban J connectivity index is 1.02. The standard InChI is InChI=1S/C46H34N2/c1-46(2)42-12-6-8-35-17-18-36-28-38(29-43(46)45(36)44(35)42)34-15-13-31(14-16-34)32-19-23-40(24-20-32)48(39-10-4-3-5-11-39)41-25-21-33(22-26-41)37-9-7-27-47-30-37/h3-30H,1-2H3. The van der Waals surface area contributed by atoms with E-state index < -0.39 is 0 Å². The SMILES string of the molecule is CC1(C)c2cccc3ccc4cc(-c5ccc(-c6ccc(N(c7ccccc7)c7ccc(-c8cccnc8)cc7)cc6)cc5)cc1c4c23. The lowest BCUT2D eigenvalue weighted by Gasteiger charge is -2.26. The number of anilines is 3. The Morgan fingerprint density at radius 1 is 0.417 bits per heavy atom. The van der Waals surface area contributed by atoms with Gasteiger partial charge in [-0.15, -0.1) is 0 Å². The van der Waals surface area contributed by atoms with Crippen molar-refractivity contribution in [3.8, 4) is 33.4 Å². The zero-order valence-corrected chi connectivity index (χ0v) is 27.1. The number of benzene rings is 7. The summed E-state index contributed by atoms with van der Waals surface area (Å²) in [4.78, 5) is 6.59. The van der Waals surface area contributed by atoms with Gasteiger partial charge < -0.3 is 4.90 Å². The molecule has 1 aliphatic carbocycles. The summed E-state index contributed by atoms with van der Waals surface area (Å²) in [5.41, 5.74) is 13.4.